The first-order chi connectivity index (χ1) is 14.5. The Kier molecular flexibility index (Phi) is 7.80. The summed E-state index contributed by atoms with van der Waals surface area (Å²) in [5.74, 6) is 1.02. The van der Waals surface area contributed by atoms with E-state index in [4.69, 9.17) is 4.74 Å². The number of piperidine rings is 1. The smallest absolute Gasteiger partial charge is 0.255 e. The van der Waals surface area contributed by atoms with Crippen molar-refractivity contribution in [1.82, 2.24) is 4.31 Å². The first-order valence-corrected chi connectivity index (χ1v) is 13.0. The Hall–Kier alpha value is -2.03. The van der Waals surface area contributed by atoms with E-state index in [9.17, 15) is 13.2 Å². The summed E-state index contributed by atoms with van der Waals surface area (Å²) < 4.78 is 33.2. The number of carbonyl (C=O) groups excluding carboxylic acids is 1. The molecule has 0 spiro atoms. The van der Waals surface area contributed by atoms with Gasteiger partial charge in [-0.25, -0.2) is 8.42 Å². The Labute approximate surface area is 183 Å². The third-order valence-electron chi connectivity index (χ3n) is 4.98. The number of hydrogen-bond donors (Lipinski definition) is 1. The maximum Gasteiger partial charge on any atom is 0.255 e. The van der Waals surface area contributed by atoms with Crippen molar-refractivity contribution in [2.75, 3.05) is 31.3 Å². The number of anilines is 1. The van der Waals surface area contributed by atoms with Crippen LogP contribution in [0.25, 0.3) is 0 Å². The van der Waals surface area contributed by atoms with E-state index in [0.29, 0.717) is 36.7 Å². The van der Waals surface area contributed by atoms with Crippen LogP contribution in [0.1, 0.15) is 42.1 Å². The molecule has 1 fully saturated rings. The minimum absolute atomic E-state index is 0.165. The fourth-order valence-corrected chi connectivity index (χ4v) is 5.49. The molecule has 6 nitrogen and oxygen atoms in total. The number of nitrogens with zero attached hydrogens (tertiary/aromatic N) is 1. The second-order valence-electron chi connectivity index (χ2n) is 7.14. The number of benzene rings is 2. The third kappa shape index (κ3) is 5.36. The monoisotopic (exact) mass is 448 g/mol. The molecule has 1 amide bonds. The standard InChI is InChI=1S/C22H28N2O4S2/c1-3-28-21-12-11-19(30(26,27)24-13-5-4-6-14-24)15-20(21)23-22(25)18-9-7-17(8-10-18)16-29-2/h7-12,15H,3-6,13-14,16H2,1-2H3,(H,23,25). The summed E-state index contributed by atoms with van der Waals surface area (Å²) >= 11 is 1.72. The van der Waals surface area contributed by atoms with Crippen LogP contribution in [0.4, 0.5) is 5.69 Å². The van der Waals surface area contributed by atoms with Crippen molar-refractivity contribution in [3.63, 3.8) is 0 Å². The van der Waals surface area contributed by atoms with E-state index < -0.39 is 10.0 Å². The molecule has 1 aliphatic heterocycles. The minimum Gasteiger partial charge on any atom is -0.492 e. The van der Waals surface area contributed by atoms with E-state index in [1.807, 2.05) is 25.3 Å². The van der Waals surface area contributed by atoms with Gasteiger partial charge in [0, 0.05) is 24.4 Å². The number of sulfonamides is 1. The summed E-state index contributed by atoms with van der Waals surface area (Å²) in [4.78, 5) is 12.9. The molecule has 0 unspecified atom stereocenters. The summed E-state index contributed by atoms with van der Waals surface area (Å²) in [6.45, 7) is 3.30. The fraction of sp³-hybridized carbons (Fsp3) is 0.409. The Bertz CT molecular complexity index is 969. The minimum atomic E-state index is -3.60. The van der Waals surface area contributed by atoms with Crippen molar-refractivity contribution < 1.29 is 17.9 Å². The molecule has 2 aromatic rings. The molecule has 30 heavy (non-hydrogen) atoms. The van der Waals surface area contributed by atoms with Crippen LogP contribution < -0.4 is 10.1 Å². The third-order valence-corrected chi connectivity index (χ3v) is 7.50. The van der Waals surface area contributed by atoms with Crippen LogP contribution in [0.3, 0.4) is 0 Å². The number of amides is 1. The highest BCUT2D eigenvalue weighted by molar-refractivity contribution is 7.97. The Balaban J connectivity index is 1.86. The SMILES string of the molecule is CCOc1ccc(S(=O)(=O)N2CCCCC2)cc1NC(=O)c1ccc(CSC)cc1. The van der Waals surface area contributed by atoms with Gasteiger partial charge < -0.3 is 10.1 Å². The Morgan fingerprint density at radius 2 is 1.80 bits per heavy atom. The van der Waals surface area contributed by atoms with E-state index >= 15 is 0 Å². The summed E-state index contributed by atoms with van der Waals surface area (Å²) in [6, 6.07) is 12.0. The zero-order valence-electron chi connectivity index (χ0n) is 17.4. The van der Waals surface area contributed by atoms with Crippen LogP contribution in [0.2, 0.25) is 0 Å². The van der Waals surface area contributed by atoms with Gasteiger partial charge in [-0.2, -0.15) is 16.1 Å². The second kappa shape index (κ2) is 10.3. The van der Waals surface area contributed by atoms with Gasteiger partial charge in [0.2, 0.25) is 10.0 Å². The molecule has 2 aromatic carbocycles. The maximum atomic E-state index is 13.0. The largest absolute Gasteiger partial charge is 0.492 e. The van der Waals surface area contributed by atoms with Gasteiger partial charge in [0.15, 0.2) is 0 Å². The summed E-state index contributed by atoms with van der Waals surface area (Å²) in [6.07, 6.45) is 4.81. The quantitative estimate of drug-likeness (QED) is 0.649. The molecular weight excluding hydrogens is 420 g/mol. The molecule has 1 N–H and O–H groups in total. The molecule has 0 radical (unpaired) electrons. The molecule has 1 saturated heterocycles. The van der Waals surface area contributed by atoms with Crippen LogP contribution in [0.5, 0.6) is 5.75 Å². The number of rotatable bonds is 8. The Morgan fingerprint density at radius 3 is 2.43 bits per heavy atom. The highest BCUT2D eigenvalue weighted by atomic mass is 32.2. The zero-order valence-corrected chi connectivity index (χ0v) is 19.0. The lowest BCUT2D eigenvalue weighted by atomic mass is 10.1. The van der Waals surface area contributed by atoms with Crippen molar-refractivity contribution in [3.8, 4) is 5.75 Å². The molecule has 0 atom stereocenters. The normalized spacial score (nSPS) is 15.0. The highest BCUT2D eigenvalue weighted by Gasteiger charge is 2.27. The van der Waals surface area contributed by atoms with Crippen LogP contribution in [-0.2, 0) is 15.8 Å². The van der Waals surface area contributed by atoms with Crippen molar-refractivity contribution >= 4 is 33.4 Å². The predicted octanol–water partition coefficient (Wildman–Crippen LogP) is 4.38. The van der Waals surface area contributed by atoms with Crippen molar-refractivity contribution in [2.45, 2.75) is 36.8 Å². The predicted molar refractivity (Wildman–Crippen MR) is 122 cm³/mol. The molecule has 3 rings (SSSR count). The molecule has 1 heterocycles. The van der Waals surface area contributed by atoms with Crippen LogP contribution in [0.15, 0.2) is 47.4 Å². The van der Waals surface area contributed by atoms with Gasteiger partial charge in [-0.15, -0.1) is 0 Å². The molecule has 8 heteroatoms. The van der Waals surface area contributed by atoms with Crippen molar-refractivity contribution in [3.05, 3.63) is 53.6 Å². The lowest BCUT2D eigenvalue weighted by Crippen LogP contribution is -2.35. The topological polar surface area (TPSA) is 75.7 Å². The molecule has 162 valence electrons. The summed E-state index contributed by atoms with van der Waals surface area (Å²) in [5.41, 5.74) is 2.00. The highest BCUT2D eigenvalue weighted by Crippen LogP contribution is 2.30. The number of ether oxygens (including phenoxy) is 1. The van der Waals surface area contributed by atoms with E-state index in [1.165, 1.54) is 10.4 Å². The summed E-state index contributed by atoms with van der Waals surface area (Å²) in [7, 11) is -3.60. The Morgan fingerprint density at radius 1 is 1.10 bits per heavy atom. The average Bonchev–Trinajstić information content (AvgIpc) is 2.76. The lowest BCUT2D eigenvalue weighted by molar-refractivity contribution is 0.102. The number of nitrogens with one attached hydrogen (secondary N) is 1. The number of carbonyl (C=O) groups is 1. The number of hydrogen-bond acceptors (Lipinski definition) is 5. The molecule has 0 aromatic heterocycles. The molecule has 1 aliphatic rings. The van der Waals surface area contributed by atoms with Gasteiger partial charge in [0.1, 0.15) is 5.75 Å². The zero-order chi connectivity index (χ0) is 21.6. The summed E-state index contributed by atoms with van der Waals surface area (Å²) in [5, 5.41) is 2.83. The van der Waals surface area contributed by atoms with Crippen molar-refractivity contribution in [2.24, 2.45) is 0 Å². The maximum absolute atomic E-state index is 13.0. The average molecular weight is 449 g/mol. The fourth-order valence-electron chi connectivity index (χ4n) is 3.42. The van der Waals surface area contributed by atoms with Gasteiger partial charge in [-0.05, 0) is 61.9 Å². The molecule has 0 saturated carbocycles. The van der Waals surface area contributed by atoms with E-state index in [1.54, 1.807) is 36.0 Å². The first kappa shape index (κ1) is 22.7. The van der Waals surface area contributed by atoms with Crippen LogP contribution >= 0.6 is 11.8 Å². The first-order valence-electron chi connectivity index (χ1n) is 10.1. The van der Waals surface area contributed by atoms with Gasteiger partial charge in [0.25, 0.3) is 5.91 Å². The van der Waals surface area contributed by atoms with Gasteiger partial charge in [-0.3, -0.25) is 4.79 Å². The molecular formula is C22H28N2O4S2. The van der Waals surface area contributed by atoms with Gasteiger partial charge >= 0.3 is 0 Å². The molecule has 0 aliphatic carbocycles. The van der Waals surface area contributed by atoms with E-state index in [0.717, 1.165) is 30.6 Å². The van der Waals surface area contributed by atoms with Crippen LogP contribution in [-0.4, -0.2) is 44.6 Å². The van der Waals surface area contributed by atoms with Gasteiger partial charge in [0.05, 0.1) is 17.2 Å². The van der Waals surface area contributed by atoms with Crippen LogP contribution in [0, 0.1) is 0 Å². The van der Waals surface area contributed by atoms with Gasteiger partial charge in [-0.1, -0.05) is 18.6 Å². The molecule has 0 bridgehead atoms. The van der Waals surface area contributed by atoms with E-state index in [2.05, 4.69) is 5.32 Å². The number of thioether (sulfide) groups is 1. The lowest BCUT2D eigenvalue weighted by Gasteiger charge is -2.26. The second-order valence-corrected chi connectivity index (χ2v) is 9.94. The van der Waals surface area contributed by atoms with Crippen molar-refractivity contribution in [1.29, 1.82) is 0 Å². The van der Waals surface area contributed by atoms with E-state index in [-0.39, 0.29) is 10.8 Å².